The normalized spacial score (nSPS) is 20.9. The third kappa shape index (κ3) is 5.22. The average Bonchev–Trinajstić information content (AvgIpc) is 3.44. The number of aryl methyl sites for hydroxylation is 2. The van der Waals surface area contributed by atoms with Gasteiger partial charge in [-0.1, -0.05) is 46.0 Å². The lowest BCUT2D eigenvalue weighted by atomic mass is 9.78. The first kappa shape index (κ1) is 27.1. The number of hydrogen-bond acceptors (Lipinski definition) is 8. The lowest BCUT2D eigenvalue weighted by Gasteiger charge is -2.41. The van der Waals surface area contributed by atoms with Crippen LogP contribution in [0.3, 0.4) is 0 Å². The number of fused-ring (bicyclic) bond motifs is 1. The molecule has 5 nitrogen and oxygen atoms in total. The molecule has 1 fully saturated rings. The topological polar surface area (TPSA) is 59.5 Å². The first-order chi connectivity index (χ1) is 16.8. The van der Waals surface area contributed by atoms with E-state index in [4.69, 9.17) is 9.72 Å². The Morgan fingerprint density at radius 3 is 2.56 bits per heavy atom. The van der Waals surface area contributed by atoms with Crippen molar-refractivity contribution in [2.45, 2.75) is 82.0 Å². The molecule has 1 saturated heterocycles. The SMILES string of the molecule is Cc1cc(SC2C(=O)CC(CCc3ccsc3)(C(C)C)OC2=O)c(C(C)(C)C)c2sc(N(C)C)nc12. The Kier molecular flexibility index (Phi) is 7.62. The number of benzene rings is 1. The second-order valence-electron chi connectivity index (χ2n) is 11.3. The summed E-state index contributed by atoms with van der Waals surface area (Å²) in [7, 11) is 3.99. The number of ether oxygens (including phenoxy) is 1. The molecule has 0 N–H and O–H groups in total. The number of carbonyl (C=O) groups is 2. The number of esters is 1. The quantitative estimate of drug-likeness (QED) is 0.235. The Balaban J connectivity index is 1.66. The van der Waals surface area contributed by atoms with Crippen molar-refractivity contribution in [3.05, 3.63) is 39.6 Å². The van der Waals surface area contributed by atoms with Crippen molar-refractivity contribution in [1.29, 1.82) is 0 Å². The summed E-state index contributed by atoms with van der Waals surface area (Å²) >= 11 is 4.67. The standard InChI is InChI=1S/C28H36N2O3S3/c1-16(2)28(11-9-18-10-12-34-15-18)14-19(31)23(25(32)33-28)35-20-13-17(3)22-24(21(20)27(4,5)6)36-26(29-22)30(7)8/h10,12-13,15-16,23H,9,11,14H2,1-8H3. The van der Waals surface area contributed by atoms with Crippen LogP contribution in [0.15, 0.2) is 27.8 Å². The Hall–Kier alpha value is -1.90. The summed E-state index contributed by atoms with van der Waals surface area (Å²) in [4.78, 5) is 34.8. The number of ketones is 1. The molecular formula is C28H36N2O3S3. The third-order valence-electron chi connectivity index (χ3n) is 6.94. The fourth-order valence-corrected chi connectivity index (χ4v) is 8.26. The van der Waals surface area contributed by atoms with Crippen LogP contribution in [0.25, 0.3) is 10.2 Å². The van der Waals surface area contributed by atoms with E-state index in [0.717, 1.165) is 37.8 Å². The van der Waals surface area contributed by atoms with Crippen molar-refractivity contribution in [3.63, 3.8) is 0 Å². The number of hydrogen-bond donors (Lipinski definition) is 0. The van der Waals surface area contributed by atoms with Crippen molar-refractivity contribution in [3.8, 4) is 0 Å². The highest BCUT2D eigenvalue weighted by atomic mass is 32.2. The first-order valence-corrected chi connectivity index (χ1v) is 15.0. The number of thioether (sulfide) groups is 1. The van der Waals surface area contributed by atoms with E-state index >= 15 is 0 Å². The molecule has 0 bridgehead atoms. The number of carbonyl (C=O) groups excluding carboxylic acids is 2. The number of cyclic esters (lactones) is 1. The smallest absolute Gasteiger partial charge is 0.327 e. The van der Waals surface area contributed by atoms with Crippen molar-refractivity contribution in [2.75, 3.05) is 19.0 Å². The highest BCUT2D eigenvalue weighted by Crippen LogP contribution is 2.46. The van der Waals surface area contributed by atoms with Gasteiger partial charge in [0.1, 0.15) is 5.60 Å². The molecule has 36 heavy (non-hydrogen) atoms. The second-order valence-corrected chi connectivity index (χ2v) is 14.2. The Labute approximate surface area is 226 Å². The van der Waals surface area contributed by atoms with E-state index in [2.05, 4.69) is 43.7 Å². The van der Waals surface area contributed by atoms with Crippen molar-refractivity contribution < 1.29 is 14.3 Å². The van der Waals surface area contributed by atoms with E-state index in [9.17, 15) is 9.59 Å². The van der Waals surface area contributed by atoms with Gasteiger partial charge >= 0.3 is 5.97 Å². The van der Waals surface area contributed by atoms with Gasteiger partial charge in [-0.3, -0.25) is 9.59 Å². The van der Waals surface area contributed by atoms with Gasteiger partial charge < -0.3 is 9.64 Å². The molecule has 2 atom stereocenters. The Morgan fingerprint density at radius 1 is 1.28 bits per heavy atom. The zero-order chi connectivity index (χ0) is 26.4. The molecule has 2 aromatic heterocycles. The van der Waals surface area contributed by atoms with Crippen LogP contribution in [0.1, 0.15) is 64.2 Å². The molecule has 0 amide bonds. The van der Waals surface area contributed by atoms with Crippen LogP contribution in [0.4, 0.5) is 5.13 Å². The van der Waals surface area contributed by atoms with Gasteiger partial charge in [0, 0.05) is 25.4 Å². The molecule has 0 radical (unpaired) electrons. The molecular weight excluding hydrogens is 509 g/mol. The van der Waals surface area contributed by atoms with Crippen LogP contribution >= 0.6 is 34.4 Å². The Morgan fingerprint density at radius 2 is 2.00 bits per heavy atom. The van der Waals surface area contributed by atoms with Crippen molar-refractivity contribution in [1.82, 2.24) is 4.98 Å². The Bertz CT molecular complexity index is 1250. The molecule has 1 aliphatic heterocycles. The second kappa shape index (κ2) is 10.1. The minimum absolute atomic E-state index is 0.0360. The number of thiophene rings is 1. The zero-order valence-corrected chi connectivity index (χ0v) is 24.9. The van der Waals surface area contributed by atoms with Gasteiger partial charge in [0.15, 0.2) is 16.2 Å². The van der Waals surface area contributed by atoms with Crippen LogP contribution in [0.5, 0.6) is 0 Å². The van der Waals surface area contributed by atoms with Gasteiger partial charge in [0.05, 0.1) is 10.2 Å². The minimum atomic E-state index is -0.850. The van der Waals surface area contributed by atoms with Gasteiger partial charge in [-0.25, -0.2) is 4.98 Å². The maximum atomic E-state index is 13.6. The molecule has 0 aliphatic carbocycles. The predicted octanol–water partition coefficient (Wildman–Crippen LogP) is 7.03. The van der Waals surface area contributed by atoms with Crippen molar-refractivity contribution in [2.24, 2.45) is 5.92 Å². The summed E-state index contributed by atoms with van der Waals surface area (Å²) in [5.74, 6) is -0.391. The van der Waals surface area contributed by atoms with Gasteiger partial charge in [-0.15, -0.1) is 11.8 Å². The molecule has 1 aliphatic rings. The van der Waals surface area contributed by atoms with Gasteiger partial charge in [-0.05, 0) is 70.7 Å². The van der Waals surface area contributed by atoms with Gasteiger partial charge in [0.2, 0.25) is 0 Å². The average molecular weight is 545 g/mol. The van der Waals surface area contributed by atoms with Crippen LogP contribution in [0.2, 0.25) is 0 Å². The van der Waals surface area contributed by atoms with Gasteiger partial charge in [-0.2, -0.15) is 11.3 Å². The summed E-state index contributed by atoms with van der Waals surface area (Å²) in [6.07, 6.45) is 1.71. The maximum Gasteiger partial charge on any atom is 0.327 e. The highest BCUT2D eigenvalue weighted by Gasteiger charge is 2.49. The van der Waals surface area contributed by atoms with Crippen LogP contribution in [-0.4, -0.2) is 41.7 Å². The van der Waals surface area contributed by atoms with E-state index in [1.807, 2.05) is 39.8 Å². The molecule has 2 unspecified atom stereocenters. The number of aromatic nitrogens is 1. The van der Waals surface area contributed by atoms with E-state index < -0.39 is 16.8 Å². The molecule has 0 saturated carbocycles. The fourth-order valence-electron chi connectivity index (χ4n) is 4.78. The van der Waals surface area contributed by atoms with E-state index in [1.54, 1.807) is 22.7 Å². The summed E-state index contributed by atoms with van der Waals surface area (Å²) in [5, 5.41) is 4.27. The molecule has 8 heteroatoms. The number of anilines is 1. The first-order valence-electron chi connectivity index (χ1n) is 12.4. The van der Waals surface area contributed by atoms with Crippen LogP contribution < -0.4 is 4.90 Å². The maximum absolute atomic E-state index is 13.6. The van der Waals surface area contributed by atoms with E-state index in [1.165, 1.54) is 17.3 Å². The number of thiazole rings is 1. The number of nitrogens with zero attached hydrogens (tertiary/aromatic N) is 2. The largest absolute Gasteiger partial charge is 0.457 e. The number of Topliss-reactive ketones (excluding diaryl/α,β-unsaturated/α-hetero) is 1. The minimum Gasteiger partial charge on any atom is -0.457 e. The van der Waals surface area contributed by atoms with Crippen molar-refractivity contribution >= 4 is 61.5 Å². The zero-order valence-electron chi connectivity index (χ0n) is 22.4. The number of rotatable bonds is 7. The monoisotopic (exact) mass is 544 g/mol. The summed E-state index contributed by atoms with van der Waals surface area (Å²) < 4.78 is 7.30. The molecule has 4 rings (SSSR count). The molecule has 1 aromatic carbocycles. The van der Waals surface area contributed by atoms with Gasteiger partial charge in [0.25, 0.3) is 0 Å². The molecule has 0 spiro atoms. The molecule has 194 valence electrons. The van der Waals surface area contributed by atoms with Crippen LogP contribution in [-0.2, 0) is 26.2 Å². The summed E-state index contributed by atoms with van der Waals surface area (Å²) in [6, 6.07) is 4.19. The highest BCUT2D eigenvalue weighted by molar-refractivity contribution is 8.01. The van der Waals surface area contributed by atoms with E-state index in [0.29, 0.717) is 6.42 Å². The predicted molar refractivity (Wildman–Crippen MR) is 153 cm³/mol. The fraction of sp³-hybridized carbons (Fsp3) is 0.536. The lowest BCUT2D eigenvalue weighted by Crippen LogP contribution is -2.52. The lowest BCUT2D eigenvalue weighted by molar-refractivity contribution is -0.176. The summed E-state index contributed by atoms with van der Waals surface area (Å²) in [6.45, 7) is 12.7. The third-order valence-corrected chi connectivity index (χ3v) is 10.2. The summed E-state index contributed by atoms with van der Waals surface area (Å²) in [5.41, 5.74) is 3.46. The van der Waals surface area contributed by atoms with E-state index in [-0.39, 0.29) is 23.5 Å². The van der Waals surface area contributed by atoms with Crippen LogP contribution in [0, 0.1) is 12.8 Å². The molecule has 3 heterocycles. The molecule has 3 aromatic rings.